The second kappa shape index (κ2) is 10.6. The summed E-state index contributed by atoms with van der Waals surface area (Å²) in [5, 5.41) is 6.30. The lowest BCUT2D eigenvalue weighted by molar-refractivity contribution is -0.136. The molecule has 174 valence electrons. The van der Waals surface area contributed by atoms with Crippen LogP contribution in [0.25, 0.3) is 0 Å². The van der Waals surface area contributed by atoms with Crippen molar-refractivity contribution in [2.75, 3.05) is 12.4 Å². The molecule has 0 aliphatic rings. The highest BCUT2D eigenvalue weighted by Gasteiger charge is 2.17. The second-order valence-corrected chi connectivity index (χ2v) is 6.77. The van der Waals surface area contributed by atoms with Gasteiger partial charge in [-0.05, 0) is 61.5 Å². The fraction of sp³-hybridized carbons (Fsp3) is 0.0870. The van der Waals surface area contributed by atoms with Crippen LogP contribution in [0.4, 0.5) is 5.69 Å². The summed E-state index contributed by atoms with van der Waals surface area (Å²) in [7, 11) is 1.40. The van der Waals surface area contributed by atoms with Crippen molar-refractivity contribution in [2.45, 2.75) is 6.92 Å². The number of methoxy groups -OCH3 is 1. The molecule has 0 atom stereocenters. The van der Waals surface area contributed by atoms with E-state index in [4.69, 9.17) is 19.6 Å². The fourth-order valence-corrected chi connectivity index (χ4v) is 2.68. The first-order valence-corrected chi connectivity index (χ1v) is 9.78. The van der Waals surface area contributed by atoms with Gasteiger partial charge in [-0.1, -0.05) is 0 Å². The zero-order chi connectivity index (χ0) is 24.7. The molecule has 0 bridgehead atoms. The molecule has 3 aromatic rings. The van der Waals surface area contributed by atoms with Gasteiger partial charge in [0.15, 0.2) is 11.5 Å². The Bertz CT molecular complexity index is 1250. The summed E-state index contributed by atoms with van der Waals surface area (Å²) in [5.74, 6) is -2.82. The quantitative estimate of drug-likeness (QED) is 0.158. The van der Waals surface area contributed by atoms with Crippen molar-refractivity contribution in [3.05, 3.63) is 77.7 Å². The van der Waals surface area contributed by atoms with E-state index in [0.29, 0.717) is 17.0 Å². The molecule has 0 unspecified atom stereocenters. The predicted molar refractivity (Wildman–Crippen MR) is 121 cm³/mol. The third-order valence-electron chi connectivity index (χ3n) is 4.47. The molecule has 3 amide bonds. The Morgan fingerprint density at radius 2 is 1.65 bits per heavy atom. The molecule has 1 heterocycles. The minimum atomic E-state index is -1.01. The first-order chi connectivity index (χ1) is 16.3. The third-order valence-corrected chi connectivity index (χ3v) is 4.47. The number of nitrogens with zero attached hydrogens (tertiary/aromatic N) is 1. The summed E-state index contributed by atoms with van der Waals surface area (Å²) in [6.45, 7) is 1.60. The number of primary amides is 1. The van der Waals surface area contributed by atoms with Crippen LogP contribution in [0.5, 0.6) is 11.5 Å². The molecular weight excluding hydrogens is 444 g/mol. The van der Waals surface area contributed by atoms with E-state index in [-0.39, 0.29) is 22.8 Å². The number of nitrogens with one attached hydrogen (secondary N) is 2. The van der Waals surface area contributed by atoms with Gasteiger partial charge in [0.05, 0.1) is 19.1 Å². The van der Waals surface area contributed by atoms with Crippen LogP contribution in [-0.2, 0) is 9.59 Å². The lowest BCUT2D eigenvalue weighted by Gasteiger charge is -2.10. The number of hydrogen-bond donors (Lipinski definition) is 3. The van der Waals surface area contributed by atoms with Crippen molar-refractivity contribution in [3.8, 4) is 11.5 Å². The first-order valence-electron chi connectivity index (χ1n) is 9.78. The normalized spacial score (nSPS) is 10.8. The van der Waals surface area contributed by atoms with Gasteiger partial charge in [0, 0.05) is 16.8 Å². The molecule has 1 aromatic heterocycles. The highest BCUT2D eigenvalue weighted by molar-refractivity contribution is 6.39. The molecule has 0 saturated heterocycles. The summed E-state index contributed by atoms with van der Waals surface area (Å²) in [5.41, 5.74) is 8.78. The monoisotopic (exact) mass is 464 g/mol. The van der Waals surface area contributed by atoms with E-state index in [1.165, 1.54) is 49.8 Å². The van der Waals surface area contributed by atoms with Crippen LogP contribution in [0.2, 0.25) is 0 Å². The smallest absolute Gasteiger partial charge is 0.379 e. The molecule has 3 rings (SSSR count). The standard InChI is InChI=1S/C23H20N4O7/c1-13(26-27-22(30)21(29)25-16-8-5-14(6-9-16)20(24)28)15-7-10-17(19(12-15)32-2)34-23(31)18-4-3-11-33-18/h3-12H,1-2H3,(H2,24,28)(H,25,29)(H,27,30). The van der Waals surface area contributed by atoms with Crippen molar-refractivity contribution < 1.29 is 33.1 Å². The maximum absolute atomic E-state index is 12.1. The molecule has 11 heteroatoms. The highest BCUT2D eigenvalue weighted by Crippen LogP contribution is 2.29. The van der Waals surface area contributed by atoms with Crippen LogP contribution in [0.3, 0.4) is 0 Å². The van der Waals surface area contributed by atoms with Crippen LogP contribution in [0.1, 0.15) is 33.4 Å². The molecule has 11 nitrogen and oxygen atoms in total. The topological polar surface area (TPSA) is 162 Å². The minimum absolute atomic E-state index is 0.0358. The van der Waals surface area contributed by atoms with Gasteiger partial charge in [0.2, 0.25) is 11.7 Å². The van der Waals surface area contributed by atoms with Crippen LogP contribution in [0.15, 0.2) is 70.4 Å². The van der Waals surface area contributed by atoms with E-state index in [2.05, 4.69) is 15.8 Å². The van der Waals surface area contributed by atoms with E-state index < -0.39 is 23.7 Å². The van der Waals surface area contributed by atoms with Crippen molar-refractivity contribution in [1.29, 1.82) is 0 Å². The zero-order valence-electron chi connectivity index (χ0n) is 18.2. The fourth-order valence-electron chi connectivity index (χ4n) is 2.68. The van der Waals surface area contributed by atoms with E-state index in [0.717, 1.165) is 0 Å². The summed E-state index contributed by atoms with van der Waals surface area (Å²) in [4.78, 5) is 47.3. The average molecular weight is 464 g/mol. The van der Waals surface area contributed by atoms with Gasteiger partial charge in [-0.2, -0.15) is 5.10 Å². The molecule has 0 radical (unpaired) electrons. The number of amides is 3. The van der Waals surface area contributed by atoms with E-state index >= 15 is 0 Å². The van der Waals surface area contributed by atoms with Gasteiger partial charge < -0.3 is 24.9 Å². The molecule has 2 aromatic carbocycles. The van der Waals surface area contributed by atoms with Crippen molar-refractivity contribution in [1.82, 2.24) is 5.43 Å². The van der Waals surface area contributed by atoms with Crippen LogP contribution in [-0.4, -0.2) is 36.5 Å². The van der Waals surface area contributed by atoms with Crippen LogP contribution >= 0.6 is 0 Å². The summed E-state index contributed by atoms with van der Waals surface area (Å²) in [6, 6.07) is 13.4. The minimum Gasteiger partial charge on any atom is -0.493 e. The average Bonchev–Trinajstić information content (AvgIpc) is 3.38. The first kappa shape index (κ1) is 23.7. The molecule has 0 aliphatic carbocycles. The molecule has 0 spiro atoms. The van der Waals surface area contributed by atoms with E-state index in [1.54, 1.807) is 25.1 Å². The molecule has 0 saturated carbocycles. The number of anilines is 1. The van der Waals surface area contributed by atoms with Crippen molar-refractivity contribution in [3.63, 3.8) is 0 Å². The summed E-state index contributed by atoms with van der Waals surface area (Å²) in [6.07, 6.45) is 1.35. The Kier molecular flexibility index (Phi) is 7.39. The Morgan fingerprint density at radius 1 is 0.941 bits per heavy atom. The molecule has 0 fully saturated rings. The van der Waals surface area contributed by atoms with Crippen molar-refractivity contribution >= 4 is 35.1 Å². The summed E-state index contributed by atoms with van der Waals surface area (Å²) < 4.78 is 15.5. The van der Waals surface area contributed by atoms with Gasteiger partial charge >= 0.3 is 17.8 Å². The van der Waals surface area contributed by atoms with Gasteiger partial charge in [-0.3, -0.25) is 14.4 Å². The van der Waals surface area contributed by atoms with Crippen LogP contribution < -0.4 is 25.9 Å². The lowest BCUT2D eigenvalue weighted by atomic mass is 10.1. The van der Waals surface area contributed by atoms with Gasteiger partial charge in [0.25, 0.3) is 0 Å². The number of nitrogens with two attached hydrogens (primary N) is 1. The number of carbonyl (C=O) groups excluding carboxylic acids is 4. The third kappa shape index (κ3) is 5.85. The molecule has 0 aliphatic heterocycles. The summed E-state index contributed by atoms with van der Waals surface area (Å²) >= 11 is 0. The van der Waals surface area contributed by atoms with E-state index in [9.17, 15) is 19.2 Å². The number of furan rings is 1. The number of hydrazone groups is 1. The molecular formula is C23H20N4O7. The maximum atomic E-state index is 12.1. The Morgan fingerprint density at radius 3 is 2.26 bits per heavy atom. The van der Waals surface area contributed by atoms with Crippen LogP contribution in [0, 0.1) is 0 Å². The second-order valence-electron chi connectivity index (χ2n) is 6.77. The Hall–Kier alpha value is -4.93. The highest BCUT2D eigenvalue weighted by atomic mass is 16.6. The molecule has 34 heavy (non-hydrogen) atoms. The number of carbonyl (C=O) groups is 4. The predicted octanol–water partition coefficient (Wildman–Crippen LogP) is 2.09. The molecule has 4 N–H and O–H groups in total. The van der Waals surface area contributed by atoms with E-state index in [1.807, 2.05) is 0 Å². The maximum Gasteiger partial charge on any atom is 0.379 e. The Labute approximate surface area is 193 Å². The number of hydrogen-bond acceptors (Lipinski definition) is 8. The number of benzene rings is 2. The van der Waals surface area contributed by atoms with Crippen molar-refractivity contribution in [2.24, 2.45) is 10.8 Å². The SMILES string of the molecule is COc1cc(C(C)=NNC(=O)C(=O)Nc2ccc(C(N)=O)cc2)ccc1OC(=O)c1ccco1. The zero-order valence-corrected chi connectivity index (χ0v) is 18.2. The lowest BCUT2D eigenvalue weighted by Crippen LogP contribution is -2.33. The number of rotatable bonds is 7. The van der Waals surface area contributed by atoms with Gasteiger partial charge in [-0.15, -0.1) is 0 Å². The Balaban J connectivity index is 1.63. The van der Waals surface area contributed by atoms with Gasteiger partial charge in [-0.25, -0.2) is 10.2 Å². The largest absolute Gasteiger partial charge is 0.493 e. The van der Waals surface area contributed by atoms with Gasteiger partial charge in [0.1, 0.15) is 0 Å². The number of ether oxygens (including phenoxy) is 2. The number of esters is 1.